The van der Waals surface area contributed by atoms with Gasteiger partial charge < -0.3 is 10.8 Å². The molecule has 1 aromatic heterocycles. The Hall–Kier alpha value is -0.940. The van der Waals surface area contributed by atoms with E-state index in [0.717, 1.165) is 0 Å². The summed E-state index contributed by atoms with van der Waals surface area (Å²) in [6.45, 7) is 0. The molecule has 0 radical (unpaired) electrons. The molecule has 0 aromatic carbocycles. The van der Waals surface area contributed by atoms with Crippen LogP contribution >= 0.6 is 15.9 Å². The molecule has 0 saturated carbocycles. The van der Waals surface area contributed by atoms with Crippen LogP contribution in [0, 0.1) is 0 Å². The van der Waals surface area contributed by atoms with Crippen LogP contribution in [0.2, 0.25) is 0 Å². The zero-order valence-electron chi connectivity index (χ0n) is 6.07. The first-order valence-corrected chi connectivity index (χ1v) is 4.00. The maximum Gasteiger partial charge on any atom is 0.252 e. The number of aliphatic hydroxyl groups is 1. The minimum Gasteiger partial charge on any atom is -0.377 e. The molecule has 0 unspecified atom stereocenters. The third kappa shape index (κ3) is 2.02. The maximum atomic E-state index is 10.5. The fraction of sp³-hybridized carbons (Fsp3) is 0.143. The van der Waals surface area contributed by atoms with Gasteiger partial charge in [-0.2, -0.15) is 0 Å². The van der Waals surface area contributed by atoms with Gasteiger partial charge in [0.2, 0.25) is 0 Å². The third-order valence-corrected chi connectivity index (χ3v) is 1.73. The molecule has 64 valence electrons. The Bertz CT molecular complexity index is 303. The van der Waals surface area contributed by atoms with Crippen LogP contribution in [0.25, 0.3) is 0 Å². The number of nitrogens with zero attached hydrogens (tertiary/aromatic N) is 1. The average molecular weight is 231 g/mol. The van der Waals surface area contributed by atoms with Gasteiger partial charge in [-0.25, -0.2) is 4.98 Å². The molecule has 12 heavy (non-hydrogen) atoms. The lowest BCUT2D eigenvalue weighted by Crippen LogP contribution is -2.21. The average Bonchev–Trinajstić information content (AvgIpc) is 2.03. The van der Waals surface area contributed by atoms with E-state index in [1.54, 1.807) is 12.1 Å². The number of amides is 1. The second-order valence-electron chi connectivity index (χ2n) is 2.19. The Morgan fingerprint density at radius 3 is 2.83 bits per heavy atom. The van der Waals surface area contributed by atoms with Gasteiger partial charge in [-0.1, -0.05) is 6.07 Å². The van der Waals surface area contributed by atoms with Crippen molar-refractivity contribution in [3.05, 3.63) is 28.5 Å². The molecular formula is C7H7BrN2O2. The lowest BCUT2D eigenvalue weighted by Gasteiger charge is -2.04. The van der Waals surface area contributed by atoms with E-state index >= 15 is 0 Å². The zero-order chi connectivity index (χ0) is 9.14. The molecule has 0 aliphatic carbocycles. The quantitative estimate of drug-likeness (QED) is 0.721. The molecule has 0 fully saturated rings. The van der Waals surface area contributed by atoms with E-state index in [2.05, 4.69) is 20.9 Å². The van der Waals surface area contributed by atoms with Gasteiger partial charge in [0, 0.05) is 0 Å². The van der Waals surface area contributed by atoms with E-state index in [1.807, 2.05) is 0 Å². The van der Waals surface area contributed by atoms with Crippen LogP contribution < -0.4 is 5.73 Å². The summed E-state index contributed by atoms with van der Waals surface area (Å²) in [7, 11) is 0. The van der Waals surface area contributed by atoms with Crippen molar-refractivity contribution in [2.45, 2.75) is 6.10 Å². The van der Waals surface area contributed by atoms with Gasteiger partial charge >= 0.3 is 0 Å². The van der Waals surface area contributed by atoms with Crippen molar-refractivity contribution in [3.8, 4) is 0 Å². The Balaban J connectivity index is 2.95. The molecule has 1 atom stereocenters. The Kier molecular flexibility index (Phi) is 2.78. The van der Waals surface area contributed by atoms with Gasteiger partial charge in [0.25, 0.3) is 5.91 Å². The lowest BCUT2D eigenvalue weighted by molar-refractivity contribution is -0.126. The number of nitrogens with two attached hydrogens (primary N) is 1. The van der Waals surface area contributed by atoms with Crippen molar-refractivity contribution in [3.63, 3.8) is 0 Å². The van der Waals surface area contributed by atoms with Crippen LogP contribution in [0.4, 0.5) is 0 Å². The summed E-state index contributed by atoms with van der Waals surface area (Å²) in [5, 5.41) is 9.16. The summed E-state index contributed by atoms with van der Waals surface area (Å²) in [6, 6.07) is 4.88. The molecule has 1 heterocycles. The second kappa shape index (κ2) is 3.64. The largest absolute Gasteiger partial charge is 0.377 e. The van der Waals surface area contributed by atoms with Crippen LogP contribution in [-0.2, 0) is 4.79 Å². The van der Waals surface area contributed by atoms with Crippen LogP contribution in [0.15, 0.2) is 22.8 Å². The van der Waals surface area contributed by atoms with E-state index in [-0.39, 0.29) is 5.69 Å². The number of rotatable bonds is 2. The van der Waals surface area contributed by atoms with Crippen molar-refractivity contribution in [1.29, 1.82) is 0 Å². The van der Waals surface area contributed by atoms with Gasteiger partial charge in [0.05, 0.1) is 5.69 Å². The minimum atomic E-state index is -1.33. The fourth-order valence-corrected chi connectivity index (χ4v) is 1.08. The Labute approximate surface area is 77.5 Å². The number of pyridine rings is 1. The van der Waals surface area contributed by atoms with Crippen LogP contribution in [0.5, 0.6) is 0 Å². The molecule has 0 saturated heterocycles. The SMILES string of the molecule is NC(=O)[C@@H](O)c1cccc(Br)n1. The van der Waals surface area contributed by atoms with Gasteiger partial charge in [-0.15, -0.1) is 0 Å². The molecule has 1 aromatic rings. The highest BCUT2D eigenvalue weighted by atomic mass is 79.9. The lowest BCUT2D eigenvalue weighted by atomic mass is 10.2. The molecule has 0 aliphatic rings. The van der Waals surface area contributed by atoms with Crippen LogP contribution in [-0.4, -0.2) is 16.0 Å². The Morgan fingerprint density at radius 2 is 2.33 bits per heavy atom. The van der Waals surface area contributed by atoms with Crippen LogP contribution in [0.3, 0.4) is 0 Å². The minimum absolute atomic E-state index is 0.247. The maximum absolute atomic E-state index is 10.5. The molecule has 4 nitrogen and oxygen atoms in total. The van der Waals surface area contributed by atoms with E-state index in [1.165, 1.54) is 6.07 Å². The predicted molar refractivity (Wildman–Crippen MR) is 46.1 cm³/mol. The number of carbonyl (C=O) groups excluding carboxylic acids is 1. The first-order chi connectivity index (χ1) is 5.61. The number of halogens is 1. The second-order valence-corrected chi connectivity index (χ2v) is 3.00. The van der Waals surface area contributed by atoms with E-state index in [0.29, 0.717) is 4.60 Å². The van der Waals surface area contributed by atoms with Crippen LogP contribution in [0.1, 0.15) is 11.8 Å². The molecule has 5 heteroatoms. The molecular weight excluding hydrogens is 224 g/mol. The summed E-state index contributed by atoms with van der Waals surface area (Å²) < 4.78 is 0.556. The molecule has 0 spiro atoms. The number of carbonyl (C=O) groups is 1. The number of hydrogen-bond donors (Lipinski definition) is 2. The Morgan fingerprint density at radius 1 is 1.67 bits per heavy atom. The van der Waals surface area contributed by atoms with Crippen molar-refractivity contribution in [1.82, 2.24) is 4.98 Å². The van der Waals surface area contributed by atoms with E-state index in [9.17, 15) is 4.79 Å². The topological polar surface area (TPSA) is 76.2 Å². The summed E-state index contributed by atoms with van der Waals surface area (Å²) in [4.78, 5) is 14.4. The smallest absolute Gasteiger partial charge is 0.252 e. The monoisotopic (exact) mass is 230 g/mol. The molecule has 3 N–H and O–H groups in total. The standard InChI is InChI=1S/C7H7BrN2O2/c8-5-3-1-2-4(10-5)6(11)7(9)12/h1-3,6,11H,(H2,9,12)/t6-/m0/s1. The third-order valence-electron chi connectivity index (χ3n) is 1.29. The summed E-state index contributed by atoms with van der Waals surface area (Å²) >= 11 is 3.11. The summed E-state index contributed by atoms with van der Waals surface area (Å²) in [5.41, 5.74) is 5.12. The van der Waals surface area contributed by atoms with Crippen molar-refractivity contribution < 1.29 is 9.90 Å². The predicted octanol–water partition coefficient (Wildman–Crippen LogP) is 0.363. The highest BCUT2D eigenvalue weighted by molar-refractivity contribution is 9.10. The number of primary amides is 1. The van der Waals surface area contributed by atoms with E-state index in [4.69, 9.17) is 10.8 Å². The first-order valence-electron chi connectivity index (χ1n) is 3.21. The number of aliphatic hydroxyl groups excluding tert-OH is 1. The molecule has 1 rings (SSSR count). The van der Waals surface area contributed by atoms with Gasteiger partial charge in [0.1, 0.15) is 4.60 Å². The van der Waals surface area contributed by atoms with Gasteiger partial charge in [-0.05, 0) is 28.1 Å². The zero-order valence-corrected chi connectivity index (χ0v) is 7.65. The fourth-order valence-electron chi connectivity index (χ4n) is 0.722. The highest BCUT2D eigenvalue weighted by Crippen LogP contribution is 2.12. The van der Waals surface area contributed by atoms with Crippen molar-refractivity contribution in [2.24, 2.45) is 5.73 Å². The number of hydrogen-bond acceptors (Lipinski definition) is 3. The number of aromatic nitrogens is 1. The summed E-state index contributed by atoms with van der Waals surface area (Å²) in [5.74, 6) is -0.805. The van der Waals surface area contributed by atoms with Crippen molar-refractivity contribution in [2.75, 3.05) is 0 Å². The van der Waals surface area contributed by atoms with Crippen molar-refractivity contribution >= 4 is 21.8 Å². The van der Waals surface area contributed by atoms with Gasteiger partial charge in [0.15, 0.2) is 6.10 Å². The summed E-state index contributed by atoms with van der Waals surface area (Å²) in [6.07, 6.45) is -1.33. The molecule has 1 amide bonds. The highest BCUT2D eigenvalue weighted by Gasteiger charge is 2.14. The molecule has 0 aliphatic heterocycles. The molecule has 0 bridgehead atoms. The van der Waals surface area contributed by atoms with Gasteiger partial charge in [-0.3, -0.25) is 4.79 Å². The first kappa shape index (κ1) is 9.15. The normalized spacial score (nSPS) is 12.5. The van der Waals surface area contributed by atoms with E-state index < -0.39 is 12.0 Å².